The van der Waals surface area contributed by atoms with E-state index in [1.165, 1.54) is 38.5 Å². The van der Waals surface area contributed by atoms with E-state index < -0.39 is 0 Å². The maximum atomic E-state index is 12.7. The highest BCUT2D eigenvalue weighted by molar-refractivity contribution is 5.74. The molecule has 2 amide bonds. The molecule has 0 radical (unpaired) electrons. The lowest BCUT2D eigenvalue weighted by atomic mass is 10.2. The molecule has 0 bridgehead atoms. The number of carbonyl (C=O) groups is 1. The van der Waals surface area contributed by atoms with Crippen molar-refractivity contribution in [2.24, 2.45) is 0 Å². The standard InChI is InChI=1S/C15H29N3O/c1-2-10-18(13-14-8-7-9-16-14)15(19)17-11-5-3-4-6-12-17/h14,16H,2-13H2,1H3. The molecule has 0 aromatic rings. The first kappa shape index (κ1) is 14.6. The monoisotopic (exact) mass is 267 g/mol. The van der Waals surface area contributed by atoms with Crippen molar-refractivity contribution >= 4 is 6.03 Å². The van der Waals surface area contributed by atoms with Gasteiger partial charge in [0.1, 0.15) is 0 Å². The van der Waals surface area contributed by atoms with E-state index in [1.807, 2.05) is 0 Å². The fraction of sp³-hybridized carbons (Fsp3) is 0.933. The van der Waals surface area contributed by atoms with Gasteiger partial charge in [-0.15, -0.1) is 0 Å². The summed E-state index contributed by atoms with van der Waals surface area (Å²) in [5.74, 6) is 0. The number of urea groups is 1. The van der Waals surface area contributed by atoms with Gasteiger partial charge >= 0.3 is 6.03 Å². The van der Waals surface area contributed by atoms with Crippen molar-refractivity contribution in [3.8, 4) is 0 Å². The van der Waals surface area contributed by atoms with Crippen LogP contribution in [0.5, 0.6) is 0 Å². The van der Waals surface area contributed by atoms with Crippen molar-refractivity contribution in [1.82, 2.24) is 15.1 Å². The summed E-state index contributed by atoms with van der Waals surface area (Å²) in [5, 5.41) is 3.50. The summed E-state index contributed by atoms with van der Waals surface area (Å²) in [6.45, 7) is 6.97. The van der Waals surface area contributed by atoms with Crippen LogP contribution in [0.1, 0.15) is 51.9 Å². The lowest BCUT2D eigenvalue weighted by molar-refractivity contribution is 0.150. The largest absolute Gasteiger partial charge is 0.325 e. The summed E-state index contributed by atoms with van der Waals surface area (Å²) in [6, 6.07) is 0.792. The first-order valence-corrected chi connectivity index (χ1v) is 8.08. The Bertz CT molecular complexity index is 269. The van der Waals surface area contributed by atoms with Crippen LogP contribution >= 0.6 is 0 Å². The molecule has 2 fully saturated rings. The van der Waals surface area contributed by atoms with E-state index in [1.54, 1.807) is 0 Å². The van der Waals surface area contributed by atoms with Crippen molar-refractivity contribution < 1.29 is 4.79 Å². The molecule has 1 N–H and O–H groups in total. The summed E-state index contributed by atoms with van der Waals surface area (Å²) >= 11 is 0. The molecule has 2 heterocycles. The Balaban J connectivity index is 1.89. The van der Waals surface area contributed by atoms with Gasteiger partial charge in [0.15, 0.2) is 0 Å². The topological polar surface area (TPSA) is 35.6 Å². The van der Waals surface area contributed by atoms with Crippen molar-refractivity contribution in [2.75, 3.05) is 32.7 Å². The van der Waals surface area contributed by atoms with Crippen molar-refractivity contribution in [3.63, 3.8) is 0 Å². The van der Waals surface area contributed by atoms with Crippen LogP contribution in [-0.4, -0.2) is 54.6 Å². The van der Waals surface area contributed by atoms with E-state index in [2.05, 4.69) is 22.0 Å². The predicted octanol–water partition coefficient (Wildman–Crippen LogP) is 2.45. The van der Waals surface area contributed by atoms with Crippen molar-refractivity contribution in [1.29, 1.82) is 0 Å². The molecule has 0 saturated carbocycles. The lowest BCUT2D eigenvalue weighted by Crippen LogP contribution is -2.48. The van der Waals surface area contributed by atoms with Crippen LogP contribution in [0, 0.1) is 0 Å². The fourth-order valence-electron chi connectivity index (χ4n) is 3.18. The van der Waals surface area contributed by atoms with Gasteiger partial charge in [0.25, 0.3) is 0 Å². The molecule has 4 nitrogen and oxygen atoms in total. The highest BCUT2D eigenvalue weighted by Crippen LogP contribution is 2.14. The zero-order chi connectivity index (χ0) is 13.5. The number of hydrogen-bond acceptors (Lipinski definition) is 2. The third-order valence-corrected chi connectivity index (χ3v) is 4.24. The Kier molecular flexibility index (Phi) is 5.95. The molecule has 0 aromatic carbocycles. The smallest absolute Gasteiger partial charge is 0.320 e. The SMILES string of the molecule is CCCN(CC1CCCN1)C(=O)N1CCCCCC1. The number of carbonyl (C=O) groups excluding carboxylic acids is 1. The number of rotatable bonds is 4. The Morgan fingerprint density at radius 1 is 1.21 bits per heavy atom. The Morgan fingerprint density at radius 2 is 1.95 bits per heavy atom. The van der Waals surface area contributed by atoms with E-state index in [-0.39, 0.29) is 6.03 Å². The molecule has 1 atom stereocenters. The Hall–Kier alpha value is -0.770. The number of hydrogen-bond donors (Lipinski definition) is 1. The highest BCUT2D eigenvalue weighted by Gasteiger charge is 2.25. The van der Waals surface area contributed by atoms with Gasteiger partial charge in [-0.1, -0.05) is 19.8 Å². The molecule has 0 spiro atoms. The molecule has 4 heteroatoms. The molecule has 110 valence electrons. The van der Waals surface area contributed by atoms with Crippen LogP contribution in [0.2, 0.25) is 0 Å². The summed E-state index contributed by atoms with van der Waals surface area (Å²) in [4.78, 5) is 16.8. The van der Waals surface area contributed by atoms with Gasteiger partial charge in [0.2, 0.25) is 0 Å². The minimum atomic E-state index is 0.275. The average molecular weight is 267 g/mol. The third kappa shape index (κ3) is 4.37. The predicted molar refractivity (Wildman–Crippen MR) is 78.3 cm³/mol. The van der Waals surface area contributed by atoms with Gasteiger partial charge in [-0.3, -0.25) is 0 Å². The minimum absolute atomic E-state index is 0.275. The second kappa shape index (κ2) is 7.73. The van der Waals surface area contributed by atoms with Crippen LogP contribution < -0.4 is 5.32 Å². The van der Waals surface area contributed by atoms with Crippen LogP contribution in [0.4, 0.5) is 4.79 Å². The van der Waals surface area contributed by atoms with Crippen LogP contribution in [0.15, 0.2) is 0 Å². The maximum Gasteiger partial charge on any atom is 0.320 e. The molecule has 1 unspecified atom stereocenters. The normalized spacial score (nSPS) is 24.3. The molecule has 2 rings (SSSR count). The fourth-order valence-corrected chi connectivity index (χ4v) is 3.18. The Labute approximate surface area is 117 Å². The van der Waals surface area contributed by atoms with Crippen molar-refractivity contribution in [2.45, 2.75) is 57.9 Å². The highest BCUT2D eigenvalue weighted by atomic mass is 16.2. The second-order valence-electron chi connectivity index (χ2n) is 5.92. The second-order valence-corrected chi connectivity index (χ2v) is 5.92. The van der Waals surface area contributed by atoms with Crippen LogP contribution in [0.25, 0.3) is 0 Å². The van der Waals surface area contributed by atoms with E-state index in [4.69, 9.17) is 0 Å². The number of nitrogens with one attached hydrogen (secondary N) is 1. The van der Waals surface area contributed by atoms with E-state index >= 15 is 0 Å². The van der Waals surface area contributed by atoms with Gasteiger partial charge in [0.05, 0.1) is 0 Å². The summed E-state index contributed by atoms with van der Waals surface area (Å²) in [5.41, 5.74) is 0. The van der Waals surface area contributed by atoms with E-state index in [0.717, 1.165) is 39.1 Å². The van der Waals surface area contributed by atoms with E-state index in [0.29, 0.717) is 6.04 Å². The molecule has 2 aliphatic rings. The Morgan fingerprint density at radius 3 is 2.53 bits per heavy atom. The zero-order valence-electron chi connectivity index (χ0n) is 12.4. The minimum Gasteiger partial charge on any atom is -0.325 e. The summed E-state index contributed by atoms with van der Waals surface area (Å²) < 4.78 is 0. The van der Waals surface area contributed by atoms with Gasteiger partial charge in [-0.05, 0) is 38.6 Å². The number of nitrogens with zero attached hydrogens (tertiary/aromatic N) is 2. The number of amides is 2. The zero-order valence-corrected chi connectivity index (χ0v) is 12.4. The molecule has 2 saturated heterocycles. The van der Waals surface area contributed by atoms with Crippen molar-refractivity contribution in [3.05, 3.63) is 0 Å². The average Bonchev–Trinajstić information content (AvgIpc) is 2.77. The van der Waals surface area contributed by atoms with Gasteiger partial charge < -0.3 is 15.1 Å². The summed E-state index contributed by atoms with van der Waals surface area (Å²) in [6.07, 6.45) is 8.42. The van der Waals surface area contributed by atoms with Crippen LogP contribution in [-0.2, 0) is 0 Å². The molecular formula is C15H29N3O. The quantitative estimate of drug-likeness (QED) is 0.849. The summed E-state index contributed by atoms with van der Waals surface area (Å²) in [7, 11) is 0. The van der Waals surface area contributed by atoms with Crippen LogP contribution in [0.3, 0.4) is 0 Å². The molecule has 2 aliphatic heterocycles. The molecule has 0 aliphatic carbocycles. The first-order chi connectivity index (χ1) is 9.31. The third-order valence-electron chi connectivity index (χ3n) is 4.24. The molecule has 0 aromatic heterocycles. The van der Waals surface area contributed by atoms with Gasteiger partial charge in [0, 0.05) is 32.2 Å². The lowest BCUT2D eigenvalue weighted by Gasteiger charge is -2.31. The molecule has 19 heavy (non-hydrogen) atoms. The number of likely N-dealkylation sites (tertiary alicyclic amines) is 1. The van der Waals surface area contributed by atoms with Gasteiger partial charge in [-0.25, -0.2) is 4.79 Å². The first-order valence-electron chi connectivity index (χ1n) is 8.08. The maximum absolute atomic E-state index is 12.7. The molecular weight excluding hydrogens is 238 g/mol. The van der Waals surface area contributed by atoms with E-state index in [9.17, 15) is 4.79 Å². The van der Waals surface area contributed by atoms with Gasteiger partial charge in [-0.2, -0.15) is 0 Å².